The van der Waals surface area contributed by atoms with E-state index in [4.69, 9.17) is 10.5 Å². The van der Waals surface area contributed by atoms with Crippen LogP contribution < -0.4 is 10.5 Å². The van der Waals surface area contributed by atoms with E-state index < -0.39 is 0 Å². The van der Waals surface area contributed by atoms with Crippen molar-refractivity contribution in [3.05, 3.63) is 29.3 Å². The third-order valence-electron chi connectivity index (χ3n) is 4.16. The van der Waals surface area contributed by atoms with Crippen molar-refractivity contribution in [1.82, 2.24) is 0 Å². The average molecular weight is 247 g/mol. The van der Waals surface area contributed by atoms with E-state index in [0.717, 1.165) is 36.0 Å². The van der Waals surface area contributed by atoms with Gasteiger partial charge in [-0.3, -0.25) is 4.79 Å². The molecule has 0 heterocycles. The molecule has 1 aliphatic rings. The summed E-state index contributed by atoms with van der Waals surface area (Å²) in [4.78, 5) is 11.2. The zero-order valence-electron chi connectivity index (χ0n) is 10.9. The molecule has 98 valence electrons. The summed E-state index contributed by atoms with van der Waals surface area (Å²) in [5.41, 5.74) is 7.81. The minimum absolute atomic E-state index is 0.0387. The van der Waals surface area contributed by atoms with Crippen molar-refractivity contribution in [2.24, 2.45) is 5.73 Å². The van der Waals surface area contributed by atoms with Gasteiger partial charge in [-0.15, -0.1) is 0 Å². The Bertz CT molecular complexity index is 423. The molecule has 2 rings (SSSR count). The highest BCUT2D eigenvalue weighted by Crippen LogP contribution is 2.40. The Morgan fingerprint density at radius 2 is 2.06 bits per heavy atom. The van der Waals surface area contributed by atoms with Crippen LogP contribution in [0, 0.1) is 0 Å². The van der Waals surface area contributed by atoms with Gasteiger partial charge in [0.05, 0.1) is 7.11 Å². The first-order valence-corrected chi connectivity index (χ1v) is 6.59. The number of hydrogen-bond donors (Lipinski definition) is 1. The van der Waals surface area contributed by atoms with E-state index in [-0.39, 0.29) is 5.41 Å². The van der Waals surface area contributed by atoms with Crippen LogP contribution in [0.25, 0.3) is 0 Å². The molecule has 0 aromatic heterocycles. The summed E-state index contributed by atoms with van der Waals surface area (Å²) in [6, 6.07) is 5.66. The van der Waals surface area contributed by atoms with Gasteiger partial charge in [0.2, 0.25) is 0 Å². The average Bonchev–Trinajstić information content (AvgIpc) is 2.47. The second-order valence-corrected chi connectivity index (χ2v) is 5.12. The van der Waals surface area contributed by atoms with Crippen LogP contribution in [0.4, 0.5) is 0 Å². The maximum atomic E-state index is 11.2. The van der Waals surface area contributed by atoms with Gasteiger partial charge in [-0.2, -0.15) is 0 Å². The Hall–Kier alpha value is -1.35. The fraction of sp³-hybridized carbons (Fsp3) is 0.533. The van der Waals surface area contributed by atoms with Gasteiger partial charge in [0.1, 0.15) is 12.0 Å². The molecule has 1 saturated carbocycles. The van der Waals surface area contributed by atoms with Crippen LogP contribution in [0.3, 0.4) is 0 Å². The number of hydrogen-bond acceptors (Lipinski definition) is 3. The quantitative estimate of drug-likeness (QED) is 0.832. The lowest BCUT2D eigenvalue weighted by Crippen LogP contribution is -2.38. The summed E-state index contributed by atoms with van der Waals surface area (Å²) in [6.07, 6.45) is 6.71. The number of aldehydes is 1. The lowest BCUT2D eigenvalue weighted by molar-refractivity contribution is 0.112. The number of rotatable bonds is 4. The largest absolute Gasteiger partial charge is 0.497 e. The second kappa shape index (κ2) is 5.53. The van der Waals surface area contributed by atoms with Gasteiger partial charge < -0.3 is 10.5 Å². The Morgan fingerprint density at radius 3 is 2.61 bits per heavy atom. The van der Waals surface area contributed by atoms with Crippen molar-refractivity contribution >= 4 is 6.29 Å². The van der Waals surface area contributed by atoms with Crippen molar-refractivity contribution in [3.8, 4) is 5.75 Å². The fourth-order valence-electron chi connectivity index (χ4n) is 3.04. The Balaban J connectivity index is 2.48. The SMILES string of the molecule is COc1ccc(C=O)c(C2(CN)CCCCC2)c1. The molecule has 0 unspecified atom stereocenters. The van der Waals surface area contributed by atoms with E-state index in [2.05, 4.69) is 0 Å². The highest BCUT2D eigenvalue weighted by atomic mass is 16.5. The summed E-state index contributed by atoms with van der Waals surface area (Å²) in [5.74, 6) is 0.800. The van der Waals surface area contributed by atoms with Gasteiger partial charge in [0.15, 0.2) is 0 Å². The molecule has 0 bridgehead atoms. The van der Waals surface area contributed by atoms with E-state index in [0.29, 0.717) is 6.54 Å². The number of nitrogens with two attached hydrogens (primary N) is 1. The molecule has 1 aromatic carbocycles. The van der Waals surface area contributed by atoms with Crippen LogP contribution in [0.15, 0.2) is 18.2 Å². The third-order valence-corrected chi connectivity index (χ3v) is 4.16. The molecule has 2 N–H and O–H groups in total. The molecular weight excluding hydrogens is 226 g/mol. The van der Waals surface area contributed by atoms with Gasteiger partial charge in [0.25, 0.3) is 0 Å². The first kappa shape index (κ1) is 13.1. The Labute approximate surface area is 108 Å². The number of carbonyl (C=O) groups excluding carboxylic acids is 1. The summed E-state index contributed by atoms with van der Waals surface area (Å²) >= 11 is 0. The van der Waals surface area contributed by atoms with Crippen LogP contribution in [-0.4, -0.2) is 19.9 Å². The molecule has 0 aliphatic heterocycles. The predicted molar refractivity (Wildman–Crippen MR) is 72.2 cm³/mol. The van der Waals surface area contributed by atoms with E-state index in [9.17, 15) is 4.79 Å². The molecule has 0 spiro atoms. The number of carbonyl (C=O) groups is 1. The lowest BCUT2D eigenvalue weighted by Gasteiger charge is -2.37. The van der Waals surface area contributed by atoms with Crippen molar-refractivity contribution < 1.29 is 9.53 Å². The number of ether oxygens (including phenoxy) is 1. The van der Waals surface area contributed by atoms with Crippen molar-refractivity contribution in [3.63, 3.8) is 0 Å². The minimum atomic E-state index is -0.0387. The molecule has 3 nitrogen and oxygen atoms in total. The molecule has 0 amide bonds. The molecule has 3 heteroatoms. The fourth-order valence-corrected chi connectivity index (χ4v) is 3.04. The zero-order chi connectivity index (χ0) is 13.0. The molecule has 1 aliphatic carbocycles. The molecule has 1 fully saturated rings. The van der Waals surface area contributed by atoms with Gasteiger partial charge in [-0.25, -0.2) is 0 Å². The smallest absolute Gasteiger partial charge is 0.150 e. The molecule has 18 heavy (non-hydrogen) atoms. The normalized spacial score (nSPS) is 18.3. The van der Waals surface area contributed by atoms with E-state index in [1.165, 1.54) is 19.3 Å². The van der Waals surface area contributed by atoms with Crippen molar-refractivity contribution in [2.45, 2.75) is 37.5 Å². The molecule has 1 aromatic rings. The predicted octanol–water partition coefficient (Wildman–Crippen LogP) is 2.67. The molecule has 0 radical (unpaired) electrons. The van der Waals surface area contributed by atoms with Gasteiger partial charge >= 0.3 is 0 Å². The van der Waals surface area contributed by atoms with Gasteiger partial charge in [-0.05, 0) is 36.6 Å². The Morgan fingerprint density at radius 1 is 1.33 bits per heavy atom. The first-order valence-electron chi connectivity index (χ1n) is 6.59. The highest BCUT2D eigenvalue weighted by Gasteiger charge is 2.34. The van der Waals surface area contributed by atoms with Crippen LogP contribution in [0.1, 0.15) is 48.0 Å². The van der Waals surface area contributed by atoms with Crippen molar-refractivity contribution in [1.29, 1.82) is 0 Å². The Kier molecular flexibility index (Phi) is 4.02. The highest BCUT2D eigenvalue weighted by molar-refractivity contribution is 5.78. The van der Waals surface area contributed by atoms with Gasteiger partial charge in [-0.1, -0.05) is 19.3 Å². The molecule has 0 atom stereocenters. The summed E-state index contributed by atoms with van der Waals surface area (Å²) in [6.45, 7) is 0.598. The number of benzene rings is 1. The monoisotopic (exact) mass is 247 g/mol. The van der Waals surface area contributed by atoms with Crippen LogP contribution >= 0.6 is 0 Å². The first-order chi connectivity index (χ1) is 8.75. The summed E-state index contributed by atoms with van der Waals surface area (Å²) < 4.78 is 5.28. The van der Waals surface area contributed by atoms with Crippen LogP contribution in [-0.2, 0) is 5.41 Å². The van der Waals surface area contributed by atoms with E-state index >= 15 is 0 Å². The lowest BCUT2D eigenvalue weighted by atomic mass is 9.68. The zero-order valence-corrected chi connectivity index (χ0v) is 10.9. The van der Waals surface area contributed by atoms with E-state index in [1.807, 2.05) is 18.2 Å². The standard InChI is InChI=1S/C15H21NO2/c1-18-13-6-5-12(10-17)14(9-13)15(11-16)7-3-2-4-8-15/h5-6,9-10H,2-4,7-8,11,16H2,1H3. The minimum Gasteiger partial charge on any atom is -0.497 e. The molecule has 0 saturated heterocycles. The summed E-state index contributed by atoms with van der Waals surface area (Å²) in [5, 5.41) is 0. The summed E-state index contributed by atoms with van der Waals surface area (Å²) in [7, 11) is 1.65. The topological polar surface area (TPSA) is 52.3 Å². The molecular formula is C15H21NO2. The van der Waals surface area contributed by atoms with Gasteiger partial charge in [0, 0.05) is 17.5 Å². The maximum absolute atomic E-state index is 11.2. The van der Waals surface area contributed by atoms with E-state index in [1.54, 1.807) is 7.11 Å². The second-order valence-electron chi connectivity index (χ2n) is 5.12. The van der Waals surface area contributed by atoms with Crippen LogP contribution in [0.2, 0.25) is 0 Å². The third kappa shape index (κ3) is 2.27. The maximum Gasteiger partial charge on any atom is 0.150 e. The van der Waals surface area contributed by atoms with Crippen LogP contribution in [0.5, 0.6) is 5.75 Å². The number of methoxy groups -OCH3 is 1. The van der Waals surface area contributed by atoms with Crippen molar-refractivity contribution in [2.75, 3.05) is 13.7 Å².